The molecule has 0 aliphatic carbocycles. The number of anilines is 1. The lowest BCUT2D eigenvalue weighted by Gasteiger charge is -2.25. The highest BCUT2D eigenvalue weighted by molar-refractivity contribution is 9.10. The highest BCUT2D eigenvalue weighted by Gasteiger charge is 2.11. The van der Waals surface area contributed by atoms with Crippen molar-refractivity contribution in [3.63, 3.8) is 0 Å². The number of nitrogens with zero attached hydrogens (tertiary/aromatic N) is 2. The SMILES string of the molecule is CCCNCc1cc(Br)cnc1N(C)C(C)C. The fraction of sp³-hybridized carbons (Fsp3) is 0.615. The summed E-state index contributed by atoms with van der Waals surface area (Å²) in [6.45, 7) is 8.43. The summed E-state index contributed by atoms with van der Waals surface area (Å²) < 4.78 is 1.03. The van der Waals surface area contributed by atoms with Crippen LogP contribution in [0.15, 0.2) is 16.7 Å². The molecular weight excluding hydrogens is 278 g/mol. The molecule has 96 valence electrons. The summed E-state index contributed by atoms with van der Waals surface area (Å²) in [5.74, 6) is 1.06. The number of halogens is 1. The normalized spacial score (nSPS) is 10.9. The number of rotatable bonds is 6. The highest BCUT2D eigenvalue weighted by atomic mass is 79.9. The smallest absolute Gasteiger partial charge is 0.133 e. The van der Waals surface area contributed by atoms with Crippen LogP contribution >= 0.6 is 15.9 Å². The van der Waals surface area contributed by atoms with Crippen LogP contribution in [0, 0.1) is 0 Å². The van der Waals surface area contributed by atoms with Crippen LogP contribution in [0.1, 0.15) is 32.8 Å². The molecule has 1 rings (SSSR count). The largest absolute Gasteiger partial charge is 0.357 e. The Hall–Kier alpha value is -0.610. The minimum Gasteiger partial charge on any atom is -0.357 e. The number of hydrogen-bond donors (Lipinski definition) is 1. The Morgan fingerprint density at radius 3 is 2.76 bits per heavy atom. The highest BCUT2D eigenvalue weighted by Crippen LogP contribution is 2.22. The number of aromatic nitrogens is 1. The Labute approximate surface area is 113 Å². The lowest BCUT2D eigenvalue weighted by Crippen LogP contribution is -2.28. The topological polar surface area (TPSA) is 28.2 Å². The standard InChI is InChI=1S/C13H22BrN3/c1-5-6-15-8-11-7-12(14)9-16-13(11)17(4)10(2)3/h7,9-10,15H,5-6,8H2,1-4H3. The quantitative estimate of drug-likeness (QED) is 0.818. The number of nitrogens with one attached hydrogen (secondary N) is 1. The monoisotopic (exact) mass is 299 g/mol. The Balaban J connectivity index is 2.87. The molecule has 0 aliphatic rings. The molecule has 0 saturated carbocycles. The van der Waals surface area contributed by atoms with Crippen LogP contribution in [0.3, 0.4) is 0 Å². The van der Waals surface area contributed by atoms with Gasteiger partial charge < -0.3 is 10.2 Å². The van der Waals surface area contributed by atoms with Crippen LogP contribution in [0.2, 0.25) is 0 Å². The van der Waals surface area contributed by atoms with Crippen LogP contribution < -0.4 is 10.2 Å². The van der Waals surface area contributed by atoms with Crippen LogP contribution in [0.4, 0.5) is 5.82 Å². The Morgan fingerprint density at radius 1 is 1.47 bits per heavy atom. The van der Waals surface area contributed by atoms with E-state index in [1.807, 2.05) is 6.20 Å². The molecule has 0 spiro atoms. The molecule has 1 N–H and O–H groups in total. The van der Waals surface area contributed by atoms with Crippen molar-refractivity contribution < 1.29 is 0 Å². The maximum Gasteiger partial charge on any atom is 0.133 e. The van der Waals surface area contributed by atoms with E-state index in [4.69, 9.17) is 0 Å². The van der Waals surface area contributed by atoms with Gasteiger partial charge in [0.1, 0.15) is 5.82 Å². The van der Waals surface area contributed by atoms with Gasteiger partial charge in [0, 0.05) is 35.9 Å². The summed E-state index contributed by atoms with van der Waals surface area (Å²) in [4.78, 5) is 6.72. The minimum atomic E-state index is 0.452. The molecule has 1 aromatic heterocycles. The van der Waals surface area contributed by atoms with E-state index in [0.29, 0.717) is 6.04 Å². The van der Waals surface area contributed by atoms with Crippen molar-refractivity contribution in [2.45, 2.75) is 39.8 Å². The molecule has 4 heteroatoms. The number of hydrogen-bond acceptors (Lipinski definition) is 3. The second-order valence-corrected chi connectivity index (χ2v) is 5.43. The third kappa shape index (κ3) is 4.28. The summed E-state index contributed by atoms with van der Waals surface area (Å²) >= 11 is 3.48. The predicted octanol–water partition coefficient (Wildman–Crippen LogP) is 3.19. The third-order valence-electron chi connectivity index (χ3n) is 2.76. The Morgan fingerprint density at radius 2 is 2.18 bits per heavy atom. The predicted molar refractivity (Wildman–Crippen MR) is 77.5 cm³/mol. The van der Waals surface area contributed by atoms with Crippen molar-refractivity contribution in [2.75, 3.05) is 18.5 Å². The first-order valence-corrected chi connectivity index (χ1v) is 6.93. The summed E-state index contributed by atoms with van der Waals surface area (Å²) in [6.07, 6.45) is 3.01. The molecule has 0 unspecified atom stereocenters. The first kappa shape index (κ1) is 14.5. The first-order chi connectivity index (χ1) is 8.06. The average molecular weight is 300 g/mol. The lowest BCUT2D eigenvalue weighted by molar-refractivity contribution is 0.665. The van der Waals surface area contributed by atoms with Gasteiger partial charge in [0.25, 0.3) is 0 Å². The number of pyridine rings is 1. The van der Waals surface area contributed by atoms with Gasteiger partial charge in [0.2, 0.25) is 0 Å². The van der Waals surface area contributed by atoms with Gasteiger partial charge in [-0.1, -0.05) is 6.92 Å². The fourth-order valence-electron chi connectivity index (χ4n) is 1.57. The van der Waals surface area contributed by atoms with E-state index in [-0.39, 0.29) is 0 Å². The second-order valence-electron chi connectivity index (χ2n) is 4.52. The summed E-state index contributed by atoms with van der Waals surface area (Å²) in [5.41, 5.74) is 1.24. The van der Waals surface area contributed by atoms with Gasteiger partial charge in [0.15, 0.2) is 0 Å². The van der Waals surface area contributed by atoms with Gasteiger partial charge in [-0.3, -0.25) is 0 Å². The Kier molecular flexibility index (Phi) is 5.92. The van der Waals surface area contributed by atoms with Crippen molar-refractivity contribution in [3.8, 4) is 0 Å². The van der Waals surface area contributed by atoms with E-state index in [2.05, 4.69) is 65.0 Å². The zero-order valence-corrected chi connectivity index (χ0v) is 12.7. The lowest BCUT2D eigenvalue weighted by atomic mass is 10.2. The van der Waals surface area contributed by atoms with E-state index < -0.39 is 0 Å². The maximum absolute atomic E-state index is 4.52. The molecule has 0 radical (unpaired) electrons. The zero-order chi connectivity index (χ0) is 12.8. The van der Waals surface area contributed by atoms with E-state index in [1.54, 1.807) is 0 Å². The van der Waals surface area contributed by atoms with Crippen molar-refractivity contribution in [3.05, 3.63) is 22.3 Å². The van der Waals surface area contributed by atoms with Gasteiger partial charge in [-0.05, 0) is 48.8 Å². The third-order valence-corrected chi connectivity index (χ3v) is 3.19. The van der Waals surface area contributed by atoms with E-state index in [0.717, 1.165) is 29.8 Å². The molecule has 0 atom stereocenters. The average Bonchev–Trinajstić information content (AvgIpc) is 2.28. The van der Waals surface area contributed by atoms with Crippen molar-refractivity contribution in [2.24, 2.45) is 0 Å². The van der Waals surface area contributed by atoms with Gasteiger partial charge >= 0.3 is 0 Å². The van der Waals surface area contributed by atoms with E-state index in [9.17, 15) is 0 Å². The van der Waals surface area contributed by atoms with Crippen molar-refractivity contribution in [1.82, 2.24) is 10.3 Å². The summed E-state index contributed by atoms with van der Waals surface area (Å²) in [7, 11) is 2.09. The van der Waals surface area contributed by atoms with Gasteiger partial charge in [0.05, 0.1) is 0 Å². The van der Waals surface area contributed by atoms with Gasteiger partial charge in [-0.25, -0.2) is 4.98 Å². The molecule has 0 fully saturated rings. The molecular formula is C13H22BrN3. The molecule has 0 bridgehead atoms. The van der Waals surface area contributed by atoms with Crippen LogP contribution in [-0.4, -0.2) is 24.6 Å². The molecule has 17 heavy (non-hydrogen) atoms. The van der Waals surface area contributed by atoms with Gasteiger partial charge in [-0.15, -0.1) is 0 Å². The first-order valence-electron chi connectivity index (χ1n) is 6.14. The summed E-state index contributed by atoms with van der Waals surface area (Å²) in [5, 5.41) is 3.43. The second kappa shape index (κ2) is 6.97. The zero-order valence-electron chi connectivity index (χ0n) is 11.1. The molecule has 0 aliphatic heterocycles. The fourth-order valence-corrected chi connectivity index (χ4v) is 1.94. The van der Waals surface area contributed by atoms with Crippen molar-refractivity contribution >= 4 is 21.7 Å². The molecule has 3 nitrogen and oxygen atoms in total. The van der Waals surface area contributed by atoms with E-state index in [1.165, 1.54) is 5.56 Å². The van der Waals surface area contributed by atoms with E-state index >= 15 is 0 Å². The van der Waals surface area contributed by atoms with Crippen molar-refractivity contribution in [1.29, 1.82) is 0 Å². The van der Waals surface area contributed by atoms with Crippen LogP contribution in [-0.2, 0) is 6.54 Å². The molecule has 1 heterocycles. The Bertz CT molecular complexity index is 353. The summed E-state index contributed by atoms with van der Waals surface area (Å²) in [6, 6.07) is 2.60. The van der Waals surface area contributed by atoms with Gasteiger partial charge in [-0.2, -0.15) is 0 Å². The maximum atomic E-state index is 4.52. The molecule has 0 aromatic carbocycles. The molecule has 0 saturated heterocycles. The minimum absolute atomic E-state index is 0.452. The molecule has 0 amide bonds. The molecule has 1 aromatic rings. The van der Waals surface area contributed by atoms with Crippen LogP contribution in [0.5, 0.6) is 0 Å². The van der Waals surface area contributed by atoms with Crippen LogP contribution in [0.25, 0.3) is 0 Å².